The van der Waals surface area contributed by atoms with Gasteiger partial charge in [0, 0.05) is 4.88 Å². The minimum atomic E-state index is -1.22. The molecule has 0 aliphatic rings. The van der Waals surface area contributed by atoms with E-state index < -0.39 is 5.60 Å². The molecule has 0 aliphatic carbocycles. The van der Waals surface area contributed by atoms with Crippen molar-refractivity contribution >= 4 is 17.4 Å². The maximum atomic E-state index is 11.7. The quantitative estimate of drug-likeness (QED) is 0.792. The standard InChI is InChI=1S/C14H18N2O3S/c1-10-5-7-20-11(10)8-15-13(17)16-9-14(2,18)12-4-3-6-19-12/h3-7,18H,8-9H2,1-2H3,(H2,15,16,17)/t14-/m0/s1. The molecule has 2 rings (SSSR count). The van der Waals surface area contributed by atoms with Crippen molar-refractivity contribution in [2.45, 2.75) is 26.0 Å². The summed E-state index contributed by atoms with van der Waals surface area (Å²) in [6.07, 6.45) is 1.49. The average molecular weight is 294 g/mol. The lowest BCUT2D eigenvalue weighted by Crippen LogP contribution is -2.43. The number of carbonyl (C=O) groups excluding carboxylic acids is 1. The second kappa shape index (κ2) is 6.11. The Morgan fingerprint density at radius 2 is 2.25 bits per heavy atom. The van der Waals surface area contributed by atoms with Crippen molar-refractivity contribution < 1.29 is 14.3 Å². The normalized spacial score (nSPS) is 13.8. The molecule has 0 fully saturated rings. The summed E-state index contributed by atoms with van der Waals surface area (Å²) in [6.45, 7) is 4.16. The Balaban J connectivity index is 1.79. The molecule has 108 valence electrons. The van der Waals surface area contributed by atoms with Gasteiger partial charge in [0.25, 0.3) is 0 Å². The zero-order chi connectivity index (χ0) is 14.6. The number of hydrogen-bond donors (Lipinski definition) is 3. The van der Waals surface area contributed by atoms with Gasteiger partial charge in [-0.1, -0.05) is 0 Å². The summed E-state index contributed by atoms with van der Waals surface area (Å²) < 4.78 is 5.15. The highest BCUT2D eigenvalue weighted by atomic mass is 32.1. The zero-order valence-corrected chi connectivity index (χ0v) is 12.3. The Morgan fingerprint density at radius 1 is 1.45 bits per heavy atom. The van der Waals surface area contributed by atoms with Crippen LogP contribution in [0, 0.1) is 6.92 Å². The third kappa shape index (κ3) is 3.61. The number of furan rings is 1. The number of aryl methyl sites for hydroxylation is 1. The van der Waals surface area contributed by atoms with E-state index in [1.807, 2.05) is 18.4 Å². The first kappa shape index (κ1) is 14.6. The number of urea groups is 1. The Hall–Kier alpha value is -1.79. The van der Waals surface area contributed by atoms with E-state index in [9.17, 15) is 9.90 Å². The Morgan fingerprint density at radius 3 is 2.85 bits per heavy atom. The van der Waals surface area contributed by atoms with E-state index in [1.165, 1.54) is 6.26 Å². The molecule has 2 aromatic heterocycles. The van der Waals surface area contributed by atoms with Crippen molar-refractivity contribution in [2.24, 2.45) is 0 Å². The van der Waals surface area contributed by atoms with Gasteiger partial charge in [0.2, 0.25) is 0 Å². The maximum Gasteiger partial charge on any atom is 0.315 e. The van der Waals surface area contributed by atoms with Crippen LogP contribution < -0.4 is 10.6 Å². The Bertz CT molecular complexity index is 561. The van der Waals surface area contributed by atoms with E-state index in [1.54, 1.807) is 30.4 Å². The molecule has 2 aromatic rings. The van der Waals surface area contributed by atoms with E-state index in [2.05, 4.69) is 10.6 Å². The van der Waals surface area contributed by atoms with Crippen LogP contribution in [-0.2, 0) is 12.1 Å². The molecule has 2 heterocycles. The minimum absolute atomic E-state index is 0.0791. The van der Waals surface area contributed by atoms with Crippen LogP contribution in [0.2, 0.25) is 0 Å². The summed E-state index contributed by atoms with van der Waals surface area (Å²) in [4.78, 5) is 12.8. The van der Waals surface area contributed by atoms with Crippen LogP contribution >= 0.6 is 11.3 Å². The van der Waals surface area contributed by atoms with Crippen LogP contribution in [-0.4, -0.2) is 17.7 Å². The van der Waals surface area contributed by atoms with E-state index >= 15 is 0 Å². The topological polar surface area (TPSA) is 74.5 Å². The molecule has 1 atom stereocenters. The summed E-state index contributed by atoms with van der Waals surface area (Å²) in [7, 11) is 0. The van der Waals surface area contributed by atoms with Gasteiger partial charge in [-0.3, -0.25) is 0 Å². The number of rotatable bonds is 5. The first-order valence-corrected chi connectivity index (χ1v) is 7.18. The average Bonchev–Trinajstić information content (AvgIpc) is 3.05. The molecule has 6 heteroatoms. The smallest absolute Gasteiger partial charge is 0.315 e. The van der Waals surface area contributed by atoms with Crippen molar-refractivity contribution in [1.29, 1.82) is 0 Å². The van der Waals surface area contributed by atoms with E-state index in [0.29, 0.717) is 12.3 Å². The third-order valence-electron chi connectivity index (χ3n) is 3.02. The molecule has 0 saturated heterocycles. The van der Waals surface area contributed by atoms with Crippen molar-refractivity contribution in [1.82, 2.24) is 10.6 Å². The lowest BCUT2D eigenvalue weighted by Gasteiger charge is -2.21. The molecule has 3 N–H and O–H groups in total. The monoisotopic (exact) mass is 294 g/mol. The first-order chi connectivity index (χ1) is 9.49. The number of carbonyl (C=O) groups is 1. The SMILES string of the molecule is Cc1ccsc1CNC(=O)NC[C@](C)(O)c1ccco1. The number of aliphatic hydroxyl groups is 1. The molecule has 2 amide bonds. The predicted molar refractivity (Wildman–Crippen MR) is 77.6 cm³/mol. The van der Waals surface area contributed by atoms with Gasteiger partial charge in [0.05, 0.1) is 19.4 Å². The third-order valence-corrected chi connectivity index (χ3v) is 4.05. The highest BCUT2D eigenvalue weighted by Gasteiger charge is 2.26. The minimum Gasteiger partial charge on any atom is -0.466 e. The summed E-state index contributed by atoms with van der Waals surface area (Å²) in [5.41, 5.74) is -0.0578. The highest BCUT2D eigenvalue weighted by molar-refractivity contribution is 7.10. The number of hydrogen-bond acceptors (Lipinski definition) is 4. The van der Waals surface area contributed by atoms with Crippen molar-refractivity contribution in [3.8, 4) is 0 Å². The van der Waals surface area contributed by atoms with Crippen molar-refractivity contribution in [2.75, 3.05) is 6.54 Å². The molecule has 0 bridgehead atoms. The molecule has 0 radical (unpaired) electrons. The van der Waals surface area contributed by atoms with Crippen LogP contribution in [0.25, 0.3) is 0 Å². The van der Waals surface area contributed by atoms with Crippen molar-refractivity contribution in [3.63, 3.8) is 0 Å². The predicted octanol–water partition coefficient (Wildman–Crippen LogP) is 2.36. The fraction of sp³-hybridized carbons (Fsp3) is 0.357. The molecule has 0 aliphatic heterocycles. The van der Waals surface area contributed by atoms with Gasteiger partial charge < -0.3 is 20.2 Å². The largest absolute Gasteiger partial charge is 0.466 e. The summed E-state index contributed by atoms with van der Waals surface area (Å²) >= 11 is 1.61. The van der Waals surface area contributed by atoms with Crippen LogP contribution in [0.15, 0.2) is 34.3 Å². The van der Waals surface area contributed by atoms with Gasteiger partial charge >= 0.3 is 6.03 Å². The van der Waals surface area contributed by atoms with Crippen LogP contribution in [0.3, 0.4) is 0 Å². The second-order valence-corrected chi connectivity index (χ2v) is 5.81. The molecular formula is C14H18N2O3S. The summed E-state index contributed by atoms with van der Waals surface area (Å²) in [5, 5.41) is 17.6. The highest BCUT2D eigenvalue weighted by Crippen LogP contribution is 2.19. The van der Waals surface area contributed by atoms with Crippen molar-refractivity contribution in [3.05, 3.63) is 46.0 Å². The first-order valence-electron chi connectivity index (χ1n) is 6.30. The van der Waals surface area contributed by atoms with E-state index in [0.717, 1.165) is 10.4 Å². The second-order valence-electron chi connectivity index (χ2n) is 4.81. The zero-order valence-electron chi connectivity index (χ0n) is 11.5. The van der Waals surface area contributed by atoms with Crippen LogP contribution in [0.5, 0.6) is 0 Å². The number of nitrogens with one attached hydrogen (secondary N) is 2. The van der Waals surface area contributed by atoms with Gasteiger partial charge in [0.15, 0.2) is 0 Å². The van der Waals surface area contributed by atoms with Gasteiger partial charge in [-0.2, -0.15) is 0 Å². The van der Waals surface area contributed by atoms with E-state index in [4.69, 9.17) is 4.42 Å². The van der Waals surface area contributed by atoms with Crippen LogP contribution in [0.4, 0.5) is 4.79 Å². The van der Waals surface area contributed by atoms with Gasteiger partial charge in [-0.05, 0) is 43.0 Å². The summed E-state index contributed by atoms with van der Waals surface area (Å²) in [6, 6.07) is 5.07. The maximum absolute atomic E-state index is 11.7. The molecule has 0 unspecified atom stereocenters. The van der Waals surface area contributed by atoms with Gasteiger partial charge in [0.1, 0.15) is 11.4 Å². The van der Waals surface area contributed by atoms with Gasteiger partial charge in [-0.25, -0.2) is 4.79 Å². The molecule has 0 saturated carbocycles. The number of amides is 2. The van der Waals surface area contributed by atoms with Crippen LogP contribution in [0.1, 0.15) is 23.1 Å². The molecule has 0 spiro atoms. The molecule has 5 nitrogen and oxygen atoms in total. The molecule has 20 heavy (non-hydrogen) atoms. The lowest BCUT2D eigenvalue weighted by molar-refractivity contribution is 0.0367. The van der Waals surface area contributed by atoms with Gasteiger partial charge in [-0.15, -0.1) is 11.3 Å². The fourth-order valence-electron chi connectivity index (χ4n) is 1.73. The fourth-order valence-corrected chi connectivity index (χ4v) is 2.58. The lowest BCUT2D eigenvalue weighted by atomic mass is 10.0. The molecular weight excluding hydrogens is 276 g/mol. The Kier molecular flexibility index (Phi) is 4.46. The summed E-state index contributed by atoms with van der Waals surface area (Å²) in [5.74, 6) is 0.423. The number of thiophene rings is 1. The molecule has 0 aromatic carbocycles. The Labute approximate surface area is 121 Å². The van der Waals surface area contributed by atoms with E-state index in [-0.39, 0.29) is 12.6 Å².